The van der Waals surface area contributed by atoms with Gasteiger partial charge in [0.15, 0.2) is 0 Å². The van der Waals surface area contributed by atoms with E-state index in [4.69, 9.17) is 5.73 Å². The Morgan fingerprint density at radius 3 is 2.53 bits per heavy atom. The van der Waals surface area contributed by atoms with E-state index in [9.17, 15) is 17.2 Å². The molecule has 0 amide bonds. The van der Waals surface area contributed by atoms with Crippen LogP contribution in [0.3, 0.4) is 0 Å². The predicted molar refractivity (Wildman–Crippen MR) is 73.1 cm³/mol. The Kier molecular flexibility index (Phi) is 6.85. The smallest absolute Gasteiger partial charge is 0.273 e. The molecule has 0 aliphatic rings. The van der Waals surface area contributed by atoms with E-state index in [2.05, 4.69) is 0 Å². The molecule has 0 saturated carbocycles. The van der Waals surface area contributed by atoms with Gasteiger partial charge in [0.05, 0.1) is 18.8 Å². The maximum absolute atomic E-state index is 12.8. The number of rotatable bonds is 6. The van der Waals surface area contributed by atoms with Crippen molar-refractivity contribution in [2.24, 2.45) is 5.73 Å². The summed E-state index contributed by atoms with van der Waals surface area (Å²) >= 11 is 0. The van der Waals surface area contributed by atoms with Crippen molar-refractivity contribution in [1.82, 2.24) is 4.72 Å². The molecule has 0 saturated heterocycles. The molecule has 0 fully saturated rings. The molecule has 110 valence electrons. The van der Waals surface area contributed by atoms with E-state index in [0.717, 1.165) is 5.56 Å². The van der Waals surface area contributed by atoms with Gasteiger partial charge in [0.25, 0.3) is 5.92 Å². The first kappa shape index (κ1) is 18.2. The number of nitrogens with one attached hydrogen (secondary N) is 1. The molecule has 19 heavy (non-hydrogen) atoms. The Hall–Kier alpha value is -0.760. The molecule has 3 N–H and O–H groups in total. The quantitative estimate of drug-likeness (QED) is 0.834. The fourth-order valence-electron chi connectivity index (χ4n) is 1.36. The molecule has 1 aromatic carbocycles. The van der Waals surface area contributed by atoms with Crippen molar-refractivity contribution in [1.29, 1.82) is 0 Å². The summed E-state index contributed by atoms with van der Waals surface area (Å²) in [5, 5.41) is 0. The summed E-state index contributed by atoms with van der Waals surface area (Å²) in [6, 6.07) is 6.87. The summed E-state index contributed by atoms with van der Waals surface area (Å²) in [5.74, 6) is -3.55. The van der Waals surface area contributed by atoms with Gasteiger partial charge in [-0.05, 0) is 12.5 Å². The van der Waals surface area contributed by atoms with Gasteiger partial charge >= 0.3 is 0 Å². The highest BCUT2D eigenvalue weighted by atomic mass is 35.5. The van der Waals surface area contributed by atoms with Crippen molar-refractivity contribution in [3.63, 3.8) is 0 Å². The molecule has 1 rings (SSSR count). The lowest BCUT2D eigenvalue weighted by Crippen LogP contribution is -2.41. The molecule has 0 spiro atoms. The van der Waals surface area contributed by atoms with Crippen molar-refractivity contribution < 1.29 is 17.2 Å². The van der Waals surface area contributed by atoms with Gasteiger partial charge in [-0.15, -0.1) is 12.4 Å². The first-order valence-corrected chi connectivity index (χ1v) is 7.00. The lowest BCUT2D eigenvalue weighted by molar-refractivity contribution is 0.0170. The summed E-state index contributed by atoms with van der Waals surface area (Å²) in [7, 11) is -3.78. The summed E-state index contributed by atoms with van der Waals surface area (Å²) in [4.78, 5) is 0. The highest BCUT2D eigenvalue weighted by Crippen LogP contribution is 2.11. The zero-order valence-corrected chi connectivity index (χ0v) is 12.0. The number of benzene rings is 1. The molecule has 0 bridgehead atoms. The van der Waals surface area contributed by atoms with E-state index in [-0.39, 0.29) is 18.2 Å². The molecule has 0 aliphatic heterocycles. The molecule has 0 radical (unpaired) electrons. The van der Waals surface area contributed by atoms with Gasteiger partial charge < -0.3 is 5.73 Å². The molecule has 4 nitrogen and oxygen atoms in total. The highest BCUT2D eigenvalue weighted by Gasteiger charge is 2.28. The minimum absolute atomic E-state index is 0. The number of aryl methyl sites for hydroxylation is 1. The Balaban J connectivity index is 0.00000324. The SMILES string of the molecule is Cc1cccc(CS(=O)(=O)NCC(F)(F)CN)c1.Cl. The monoisotopic (exact) mass is 314 g/mol. The average Bonchev–Trinajstić information content (AvgIpc) is 2.26. The summed E-state index contributed by atoms with van der Waals surface area (Å²) < 4.78 is 50.7. The highest BCUT2D eigenvalue weighted by molar-refractivity contribution is 7.88. The van der Waals surface area contributed by atoms with Crippen molar-refractivity contribution in [3.8, 4) is 0 Å². The molecule has 0 atom stereocenters. The third kappa shape index (κ3) is 6.81. The van der Waals surface area contributed by atoms with Gasteiger partial charge in [0, 0.05) is 0 Å². The summed E-state index contributed by atoms with van der Waals surface area (Å²) in [6.07, 6.45) is 0. The summed E-state index contributed by atoms with van der Waals surface area (Å²) in [5.41, 5.74) is 6.29. The fourth-order valence-corrected chi connectivity index (χ4v) is 2.51. The zero-order valence-electron chi connectivity index (χ0n) is 10.4. The van der Waals surface area contributed by atoms with Crippen molar-refractivity contribution in [3.05, 3.63) is 35.4 Å². The number of nitrogens with two attached hydrogens (primary N) is 1. The second-order valence-corrected chi connectivity index (χ2v) is 5.94. The van der Waals surface area contributed by atoms with Crippen LogP contribution >= 0.6 is 12.4 Å². The van der Waals surface area contributed by atoms with Crippen LogP contribution in [0.4, 0.5) is 8.78 Å². The Labute approximate surface area is 117 Å². The van der Waals surface area contributed by atoms with Crippen LogP contribution in [-0.2, 0) is 15.8 Å². The first-order chi connectivity index (χ1) is 8.24. The fraction of sp³-hybridized carbons (Fsp3) is 0.455. The van der Waals surface area contributed by atoms with Gasteiger partial charge in [-0.25, -0.2) is 21.9 Å². The minimum Gasteiger partial charge on any atom is -0.325 e. The topological polar surface area (TPSA) is 72.2 Å². The molecule has 0 unspecified atom stereocenters. The molecule has 8 heteroatoms. The van der Waals surface area contributed by atoms with Gasteiger partial charge in [-0.1, -0.05) is 29.8 Å². The number of hydrogen-bond donors (Lipinski definition) is 2. The van der Waals surface area contributed by atoms with Crippen molar-refractivity contribution in [2.45, 2.75) is 18.6 Å². The second kappa shape index (κ2) is 7.14. The van der Waals surface area contributed by atoms with E-state index in [1.165, 1.54) is 0 Å². The van der Waals surface area contributed by atoms with Crippen LogP contribution in [0.15, 0.2) is 24.3 Å². The van der Waals surface area contributed by atoms with Gasteiger partial charge in [-0.3, -0.25) is 0 Å². The standard InChI is InChI=1S/C11H16F2N2O2S.ClH/c1-9-3-2-4-10(5-9)6-18(16,17)15-8-11(12,13)7-14;/h2-5,15H,6-8,14H2,1H3;1H. The Morgan fingerprint density at radius 1 is 1.37 bits per heavy atom. The lowest BCUT2D eigenvalue weighted by Gasteiger charge is -2.14. The molecule has 0 aliphatic carbocycles. The van der Waals surface area contributed by atoms with E-state index in [0.29, 0.717) is 5.56 Å². The molecule has 0 heterocycles. The van der Waals surface area contributed by atoms with Crippen LogP contribution in [-0.4, -0.2) is 27.4 Å². The third-order valence-electron chi connectivity index (χ3n) is 2.29. The molecular weight excluding hydrogens is 298 g/mol. The van der Waals surface area contributed by atoms with E-state index in [1.54, 1.807) is 18.2 Å². The Bertz CT molecular complexity index is 509. The number of alkyl halides is 2. The zero-order chi connectivity index (χ0) is 13.8. The molecule has 1 aromatic rings. The average molecular weight is 315 g/mol. The van der Waals surface area contributed by atoms with Crippen LogP contribution < -0.4 is 10.5 Å². The Morgan fingerprint density at radius 2 is 2.00 bits per heavy atom. The van der Waals surface area contributed by atoms with Crippen molar-refractivity contribution >= 4 is 22.4 Å². The van der Waals surface area contributed by atoms with E-state index < -0.39 is 29.0 Å². The van der Waals surface area contributed by atoms with Crippen LogP contribution in [0.5, 0.6) is 0 Å². The molecular formula is C11H17ClF2N2O2S. The number of sulfonamides is 1. The van der Waals surface area contributed by atoms with Gasteiger partial charge in [0.1, 0.15) is 0 Å². The number of hydrogen-bond acceptors (Lipinski definition) is 3. The van der Waals surface area contributed by atoms with Crippen LogP contribution in [0.25, 0.3) is 0 Å². The first-order valence-electron chi connectivity index (χ1n) is 5.35. The largest absolute Gasteiger partial charge is 0.325 e. The predicted octanol–water partition coefficient (Wildman–Crippen LogP) is 1.43. The summed E-state index contributed by atoms with van der Waals surface area (Å²) in [6.45, 7) is -0.0380. The normalized spacial score (nSPS) is 12.0. The van der Waals surface area contributed by atoms with Crippen LogP contribution in [0.2, 0.25) is 0 Å². The minimum atomic E-state index is -3.78. The third-order valence-corrected chi connectivity index (χ3v) is 3.59. The maximum atomic E-state index is 12.8. The lowest BCUT2D eigenvalue weighted by atomic mass is 10.2. The van der Waals surface area contributed by atoms with E-state index >= 15 is 0 Å². The van der Waals surface area contributed by atoms with E-state index in [1.807, 2.05) is 17.7 Å². The maximum Gasteiger partial charge on any atom is 0.273 e. The van der Waals surface area contributed by atoms with Crippen LogP contribution in [0, 0.1) is 6.92 Å². The second-order valence-electron chi connectivity index (χ2n) is 4.13. The molecule has 0 aromatic heterocycles. The van der Waals surface area contributed by atoms with Gasteiger partial charge in [-0.2, -0.15) is 0 Å². The number of halogens is 3. The van der Waals surface area contributed by atoms with Crippen molar-refractivity contribution in [2.75, 3.05) is 13.1 Å². The van der Waals surface area contributed by atoms with Gasteiger partial charge in [0.2, 0.25) is 10.0 Å². The van der Waals surface area contributed by atoms with Crippen LogP contribution in [0.1, 0.15) is 11.1 Å².